The van der Waals surface area contributed by atoms with Crippen LogP contribution in [0.1, 0.15) is 66.4 Å². The average molecular weight is 493 g/mol. The zero-order valence-electron chi connectivity index (χ0n) is 18.8. The van der Waals surface area contributed by atoms with Crippen LogP contribution >= 0.6 is 10.7 Å². The number of benzene rings is 2. The Labute approximate surface area is 199 Å². The van der Waals surface area contributed by atoms with E-state index < -0.39 is 32.8 Å². The van der Waals surface area contributed by atoms with E-state index in [0.29, 0.717) is 16.7 Å². The molecule has 2 aromatic rings. The number of nitrogens with zero attached hydrogens (tertiary/aromatic N) is 1. The highest BCUT2D eigenvalue weighted by Crippen LogP contribution is 2.40. The smallest absolute Gasteiger partial charge is 0.338 e. The van der Waals surface area contributed by atoms with Crippen molar-refractivity contribution in [2.75, 3.05) is 24.6 Å². The molecule has 2 atom stereocenters. The van der Waals surface area contributed by atoms with Gasteiger partial charge in [0, 0.05) is 29.5 Å². The second-order valence-electron chi connectivity index (χ2n) is 8.22. The van der Waals surface area contributed by atoms with E-state index in [1.54, 1.807) is 43.3 Å². The molecule has 2 unspecified atom stereocenters. The molecule has 0 aromatic heterocycles. The summed E-state index contributed by atoms with van der Waals surface area (Å²) in [6.07, 6.45) is 3.22. The highest BCUT2D eigenvalue weighted by Gasteiger charge is 2.30. The molecule has 0 aliphatic carbocycles. The number of anilines is 1. The predicted molar refractivity (Wildman–Crippen MR) is 128 cm³/mol. The van der Waals surface area contributed by atoms with Gasteiger partial charge in [-0.15, -0.1) is 0 Å². The lowest BCUT2D eigenvalue weighted by Crippen LogP contribution is -2.32. The quantitative estimate of drug-likeness (QED) is 0.438. The summed E-state index contributed by atoms with van der Waals surface area (Å²) in [5, 5.41) is 0. The van der Waals surface area contributed by atoms with Gasteiger partial charge in [-0.3, -0.25) is 4.79 Å². The Morgan fingerprint density at radius 3 is 2.27 bits per heavy atom. The third-order valence-corrected chi connectivity index (χ3v) is 7.41. The highest BCUT2D eigenvalue weighted by atomic mass is 35.7. The Morgan fingerprint density at radius 2 is 1.73 bits per heavy atom. The van der Waals surface area contributed by atoms with Crippen molar-refractivity contribution < 1.29 is 22.7 Å². The van der Waals surface area contributed by atoms with Gasteiger partial charge in [0.15, 0.2) is 0 Å². The molecule has 7 nitrogen and oxygen atoms in total. The SMILES string of the molecule is CCOC(=O)c1ccc(C(C(N)=O)C(C)c2cc(S(=O)(=O)Cl)ccc2N2CCCCC2)cc1. The molecule has 178 valence electrons. The van der Waals surface area contributed by atoms with Crippen LogP contribution in [-0.4, -0.2) is 40.0 Å². The maximum atomic E-state index is 12.6. The number of piperidine rings is 1. The monoisotopic (exact) mass is 492 g/mol. The molecule has 1 aliphatic heterocycles. The largest absolute Gasteiger partial charge is 0.462 e. The topological polar surface area (TPSA) is 107 Å². The van der Waals surface area contributed by atoms with E-state index in [4.69, 9.17) is 21.2 Å². The van der Waals surface area contributed by atoms with Crippen molar-refractivity contribution in [2.24, 2.45) is 5.73 Å². The molecule has 1 heterocycles. The minimum Gasteiger partial charge on any atom is -0.462 e. The van der Waals surface area contributed by atoms with Gasteiger partial charge in [0.1, 0.15) is 0 Å². The first-order valence-corrected chi connectivity index (χ1v) is 13.3. The number of hydrogen-bond donors (Lipinski definition) is 1. The summed E-state index contributed by atoms with van der Waals surface area (Å²) in [6, 6.07) is 11.4. The summed E-state index contributed by atoms with van der Waals surface area (Å²) in [7, 11) is 1.68. The van der Waals surface area contributed by atoms with Crippen molar-refractivity contribution in [3.63, 3.8) is 0 Å². The molecule has 0 bridgehead atoms. The van der Waals surface area contributed by atoms with Crippen molar-refractivity contribution in [3.05, 3.63) is 59.2 Å². The van der Waals surface area contributed by atoms with Crippen LogP contribution in [0.4, 0.5) is 5.69 Å². The molecule has 0 saturated carbocycles. The third-order valence-electron chi connectivity index (χ3n) is 6.06. The van der Waals surface area contributed by atoms with E-state index in [1.807, 2.05) is 6.92 Å². The molecular weight excluding hydrogens is 464 g/mol. The van der Waals surface area contributed by atoms with Crippen LogP contribution in [0.15, 0.2) is 47.4 Å². The lowest BCUT2D eigenvalue weighted by Gasteiger charge is -2.33. The van der Waals surface area contributed by atoms with Gasteiger partial charge < -0.3 is 15.4 Å². The Hall–Kier alpha value is -2.58. The fourth-order valence-corrected chi connectivity index (χ4v) is 5.18. The summed E-state index contributed by atoms with van der Waals surface area (Å²) >= 11 is 0. The molecule has 1 aliphatic rings. The second kappa shape index (κ2) is 10.6. The van der Waals surface area contributed by atoms with Crippen molar-refractivity contribution in [1.29, 1.82) is 0 Å². The molecule has 1 saturated heterocycles. The van der Waals surface area contributed by atoms with Crippen molar-refractivity contribution in [2.45, 2.75) is 49.8 Å². The maximum Gasteiger partial charge on any atom is 0.338 e. The fourth-order valence-electron chi connectivity index (χ4n) is 4.39. The molecule has 0 radical (unpaired) electrons. The Morgan fingerprint density at radius 1 is 1.09 bits per heavy atom. The molecular formula is C24H29ClN2O5S. The predicted octanol–water partition coefficient (Wildman–Crippen LogP) is 4.15. The molecule has 0 spiro atoms. The van der Waals surface area contributed by atoms with Crippen molar-refractivity contribution in [1.82, 2.24) is 0 Å². The zero-order valence-corrected chi connectivity index (χ0v) is 20.4. The van der Waals surface area contributed by atoms with Crippen LogP contribution in [0, 0.1) is 0 Å². The maximum absolute atomic E-state index is 12.6. The van der Waals surface area contributed by atoms with Crippen molar-refractivity contribution >= 4 is 37.3 Å². The van der Waals surface area contributed by atoms with E-state index in [-0.39, 0.29) is 11.5 Å². The molecule has 1 amide bonds. The van der Waals surface area contributed by atoms with E-state index in [9.17, 15) is 18.0 Å². The molecule has 2 N–H and O–H groups in total. The van der Waals surface area contributed by atoms with Crippen LogP contribution in [0.2, 0.25) is 0 Å². The number of esters is 1. The number of halogens is 1. The summed E-state index contributed by atoms with van der Waals surface area (Å²) in [5.74, 6) is -2.17. The standard InChI is InChI=1S/C24H29ClN2O5S/c1-3-32-24(29)18-9-7-17(8-10-18)22(23(26)28)16(2)20-15-19(33(25,30)31)11-12-21(20)27-13-5-4-6-14-27/h7-12,15-16,22H,3-6,13-14H2,1-2H3,(H2,26,28). The average Bonchev–Trinajstić information content (AvgIpc) is 2.79. The first-order chi connectivity index (χ1) is 15.6. The normalized spacial score (nSPS) is 16.2. The van der Waals surface area contributed by atoms with Crippen LogP contribution < -0.4 is 10.6 Å². The zero-order chi connectivity index (χ0) is 24.2. The number of primary amides is 1. The number of nitrogens with two attached hydrogens (primary N) is 1. The van der Waals surface area contributed by atoms with Gasteiger partial charge >= 0.3 is 5.97 Å². The Balaban J connectivity index is 2.04. The summed E-state index contributed by atoms with van der Waals surface area (Å²) in [6.45, 7) is 5.54. The van der Waals surface area contributed by atoms with E-state index in [1.165, 1.54) is 6.07 Å². The van der Waals surface area contributed by atoms with E-state index in [2.05, 4.69) is 4.90 Å². The number of hydrogen-bond acceptors (Lipinski definition) is 6. The second-order valence-corrected chi connectivity index (χ2v) is 10.8. The Kier molecular flexibility index (Phi) is 8.02. The van der Waals surface area contributed by atoms with Crippen molar-refractivity contribution in [3.8, 4) is 0 Å². The van der Waals surface area contributed by atoms with E-state index >= 15 is 0 Å². The lowest BCUT2D eigenvalue weighted by atomic mass is 9.81. The van der Waals surface area contributed by atoms with Crippen LogP contribution in [0.3, 0.4) is 0 Å². The number of rotatable bonds is 8. The first-order valence-electron chi connectivity index (χ1n) is 11.0. The molecule has 9 heteroatoms. The molecule has 2 aromatic carbocycles. The fraction of sp³-hybridized carbons (Fsp3) is 0.417. The lowest BCUT2D eigenvalue weighted by molar-refractivity contribution is -0.119. The van der Waals surface area contributed by atoms with Gasteiger partial charge in [0.25, 0.3) is 9.05 Å². The summed E-state index contributed by atoms with van der Waals surface area (Å²) < 4.78 is 29.1. The minimum atomic E-state index is -3.95. The molecule has 33 heavy (non-hydrogen) atoms. The van der Waals surface area contributed by atoms with Gasteiger partial charge in [-0.2, -0.15) is 0 Å². The van der Waals surface area contributed by atoms with Gasteiger partial charge in [0.2, 0.25) is 5.91 Å². The number of carbonyl (C=O) groups is 2. The molecule has 1 fully saturated rings. The van der Waals surface area contributed by atoms with Gasteiger partial charge in [-0.1, -0.05) is 19.1 Å². The highest BCUT2D eigenvalue weighted by molar-refractivity contribution is 8.13. The first kappa shape index (κ1) is 25.1. The van der Waals surface area contributed by atoms with Crippen LogP contribution in [0.25, 0.3) is 0 Å². The van der Waals surface area contributed by atoms with Crippen LogP contribution in [-0.2, 0) is 18.6 Å². The van der Waals surface area contributed by atoms with E-state index in [0.717, 1.165) is 38.0 Å². The van der Waals surface area contributed by atoms with Crippen LogP contribution in [0.5, 0.6) is 0 Å². The third kappa shape index (κ3) is 5.86. The Bertz CT molecular complexity index is 1110. The summed E-state index contributed by atoms with van der Waals surface area (Å²) in [5.41, 5.74) is 8.39. The number of carbonyl (C=O) groups excluding carboxylic acids is 2. The summed E-state index contributed by atoms with van der Waals surface area (Å²) in [4.78, 5) is 26.7. The van der Waals surface area contributed by atoms with Gasteiger partial charge in [-0.25, -0.2) is 13.2 Å². The number of ether oxygens (including phenoxy) is 1. The van der Waals surface area contributed by atoms with Gasteiger partial charge in [0.05, 0.1) is 23.0 Å². The molecule has 3 rings (SSSR count). The van der Waals surface area contributed by atoms with Gasteiger partial charge in [-0.05, 0) is 73.6 Å². The number of amides is 1. The minimum absolute atomic E-state index is 0.0207.